The van der Waals surface area contributed by atoms with Gasteiger partial charge in [0, 0.05) is 13.1 Å². The fraction of sp³-hybridized carbons (Fsp3) is 0.562. The summed E-state index contributed by atoms with van der Waals surface area (Å²) >= 11 is 0. The van der Waals surface area contributed by atoms with Gasteiger partial charge < -0.3 is 15.8 Å². The van der Waals surface area contributed by atoms with E-state index in [1.54, 1.807) is 6.07 Å². The molecule has 0 saturated carbocycles. The first-order valence-corrected chi connectivity index (χ1v) is 7.32. The number of benzene rings is 1. The van der Waals surface area contributed by atoms with Gasteiger partial charge in [-0.1, -0.05) is 12.1 Å². The van der Waals surface area contributed by atoms with Crippen molar-refractivity contribution in [2.24, 2.45) is 0 Å². The number of morpholine rings is 1. The molecular formula is C16H25N3O2. The number of hydrogen-bond acceptors (Lipinski definition) is 4. The number of carbonyl (C=O) groups is 1. The lowest BCUT2D eigenvalue weighted by molar-refractivity contribution is -0.136. The molecule has 5 heteroatoms. The maximum absolute atomic E-state index is 12.3. The number of para-hydroxylation sites is 1. The van der Waals surface area contributed by atoms with Gasteiger partial charge in [0.15, 0.2) is 0 Å². The quantitative estimate of drug-likeness (QED) is 0.836. The van der Waals surface area contributed by atoms with E-state index in [0.29, 0.717) is 17.9 Å². The highest BCUT2D eigenvalue weighted by atomic mass is 16.5. The van der Waals surface area contributed by atoms with Crippen LogP contribution in [0.5, 0.6) is 0 Å². The van der Waals surface area contributed by atoms with Crippen LogP contribution in [-0.2, 0) is 9.53 Å². The van der Waals surface area contributed by atoms with Crippen LogP contribution in [0.25, 0.3) is 0 Å². The van der Waals surface area contributed by atoms with Crippen molar-refractivity contribution in [3.8, 4) is 0 Å². The molecule has 2 rings (SSSR count). The number of carbonyl (C=O) groups excluding carboxylic acids is 1. The largest absolute Gasteiger partial charge is 0.397 e. The molecule has 0 aromatic heterocycles. The Morgan fingerprint density at radius 1 is 1.52 bits per heavy atom. The molecule has 1 aliphatic rings. The average Bonchev–Trinajstić information content (AvgIpc) is 2.31. The Hall–Kier alpha value is -1.59. The third-order valence-corrected chi connectivity index (χ3v) is 3.58. The van der Waals surface area contributed by atoms with Crippen molar-refractivity contribution in [1.29, 1.82) is 0 Å². The second-order valence-electron chi connectivity index (χ2n) is 6.45. The number of ether oxygens (including phenoxy) is 1. The highest BCUT2D eigenvalue weighted by Crippen LogP contribution is 2.23. The van der Waals surface area contributed by atoms with Crippen LogP contribution in [-0.4, -0.2) is 42.1 Å². The van der Waals surface area contributed by atoms with E-state index in [0.717, 1.165) is 18.7 Å². The molecule has 1 fully saturated rings. The van der Waals surface area contributed by atoms with Crippen molar-refractivity contribution in [1.82, 2.24) is 4.90 Å². The molecule has 1 unspecified atom stereocenters. The van der Waals surface area contributed by atoms with Gasteiger partial charge in [-0.2, -0.15) is 0 Å². The van der Waals surface area contributed by atoms with Gasteiger partial charge in [-0.05, 0) is 39.3 Å². The standard InChI is InChI=1S/C16H25N3O2/c1-11-6-5-7-13(17)15(11)18-14(20)9-19-8-12(2)21-16(3,4)10-19/h5-7,12H,8-10,17H2,1-4H3,(H,18,20). The number of aryl methyl sites for hydroxylation is 1. The molecule has 1 aliphatic heterocycles. The van der Waals surface area contributed by atoms with Crippen molar-refractivity contribution in [3.05, 3.63) is 23.8 Å². The molecule has 0 spiro atoms. The van der Waals surface area contributed by atoms with Crippen LogP contribution >= 0.6 is 0 Å². The molecule has 1 aromatic rings. The van der Waals surface area contributed by atoms with Crippen molar-refractivity contribution >= 4 is 17.3 Å². The van der Waals surface area contributed by atoms with Gasteiger partial charge in [0.05, 0.1) is 29.6 Å². The van der Waals surface area contributed by atoms with Crippen LogP contribution in [0.3, 0.4) is 0 Å². The number of anilines is 2. The van der Waals surface area contributed by atoms with E-state index in [4.69, 9.17) is 10.5 Å². The second-order valence-corrected chi connectivity index (χ2v) is 6.45. The van der Waals surface area contributed by atoms with Gasteiger partial charge >= 0.3 is 0 Å². The normalized spacial score (nSPS) is 22.0. The maximum Gasteiger partial charge on any atom is 0.238 e. The molecule has 0 radical (unpaired) electrons. The topological polar surface area (TPSA) is 67.6 Å². The molecular weight excluding hydrogens is 266 g/mol. The highest BCUT2D eigenvalue weighted by Gasteiger charge is 2.32. The van der Waals surface area contributed by atoms with Crippen LogP contribution in [0.2, 0.25) is 0 Å². The second kappa shape index (κ2) is 6.03. The number of nitrogen functional groups attached to an aromatic ring is 1. The summed E-state index contributed by atoms with van der Waals surface area (Å²) < 4.78 is 5.85. The van der Waals surface area contributed by atoms with Crippen LogP contribution < -0.4 is 11.1 Å². The summed E-state index contributed by atoms with van der Waals surface area (Å²) in [6.45, 7) is 9.93. The zero-order chi connectivity index (χ0) is 15.6. The van der Waals surface area contributed by atoms with Crippen molar-refractivity contribution < 1.29 is 9.53 Å². The lowest BCUT2D eigenvalue weighted by Crippen LogP contribution is -2.53. The Bertz CT molecular complexity index is 508. The molecule has 21 heavy (non-hydrogen) atoms. The lowest BCUT2D eigenvalue weighted by Gasteiger charge is -2.41. The molecule has 5 nitrogen and oxygen atoms in total. The van der Waals surface area contributed by atoms with Gasteiger partial charge in [-0.3, -0.25) is 9.69 Å². The minimum Gasteiger partial charge on any atom is -0.397 e. The number of nitrogens with two attached hydrogens (primary N) is 1. The minimum absolute atomic E-state index is 0.0408. The fourth-order valence-corrected chi connectivity index (χ4v) is 2.95. The summed E-state index contributed by atoms with van der Waals surface area (Å²) in [5.74, 6) is -0.0408. The Kier molecular flexibility index (Phi) is 4.54. The molecule has 1 amide bonds. The molecule has 1 heterocycles. The maximum atomic E-state index is 12.3. The monoisotopic (exact) mass is 291 g/mol. The Labute approximate surface area is 126 Å². The number of hydrogen-bond donors (Lipinski definition) is 2. The van der Waals surface area contributed by atoms with Crippen molar-refractivity contribution in [2.75, 3.05) is 30.7 Å². The minimum atomic E-state index is -0.223. The smallest absolute Gasteiger partial charge is 0.238 e. The van der Waals surface area contributed by atoms with Crippen molar-refractivity contribution in [2.45, 2.75) is 39.4 Å². The van der Waals surface area contributed by atoms with E-state index in [1.807, 2.05) is 39.8 Å². The van der Waals surface area contributed by atoms with E-state index >= 15 is 0 Å². The van der Waals surface area contributed by atoms with Crippen LogP contribution in [0.4, 0.5) is 11.4 Å². The number of nitrogens with zero attached hydrogens (tertiary/aromatic N) is 1. The third-order valence-electron chi connectivity index (χ3n) is 3.58. The molecule has 1 atom stereocenters. The number of nitrogens with one attached hydrogen (secondary N) is 1. The molecule has 1 aromatic carbocycles. The van der Waals surface area contributed by atoms with E-state index in [2.05, 4.69) is 10.2 Å². The SMILES string of the molecule is Cc1cccc(N)c1NC(=O)CN1CC(C)OC(C)(C)C1. The van der Waals surface area contributed by atoms with Crippen LogP contribution in [0, 0.1) is 6.92 Å². The Morgan fingerprint density at radius 2 is 2.24 bits per heavy atom. The average molecular weight is 291 g/mol. The zero-order valence-electron chi connectivity index (χ0n) is 13.3. The highest BCUT2D eigenvalue weighted by molar-refractivity contribution is 5.96. The van der Waals surface area contributed by atoms with Crippen LogP contribution in [0.15, 0.2) is 18.2 Å². The van der Waals surface area contributed by atoms with E-state index in [1.165, 1.54) is 0 Å². The van der Waals surface area contributed by atoms with Crippen LogP contribution in [0.1, 0.15) is 26.3 Å². The van der Waals surface area contributed by atoms with E-state index in [-0.39, 0.29) is 17.6 Å². The van der Waals surface area contributed by atoms with E-state index < -0.39 is 0 Å². The summed E-state index contributed by atoms with van der Waals surface area (Å²) in [6.07, 6.45) is 0.130. The Morgan fingerprint density at radius 3 is 2.86 bits per heavy atom. The summed E-state index contributed by atoms with van der Waals surface area (Å²) in [5, 5.41) is 2.92. The van der Waals surface area contributed by atoms with Gasteiger partial charge in [-0.15, -0.1) is 0 Å². The summed E-state index contributed by atoms with van der Waals surface area (Å²) in [4.78, 5) is 14.4. The first-order valence-electron chi connectivity index (χ1n) is 7.32. The molecule has 116 valence electrons. The summed E-state index contributed by atoms with van der Waals surface area (Å²) in [7, 11) is 0. The predicted molar refractivity (Wildman–Crippen MR) is 85.3 cm³/mol. The third kappa shape index (κ3) is 4.19. The van der Waals surface area contributed by atoms with E-state index in [9.17, 15) is 4.79 Å². The number of rotatable bonds is 3. The summed E-state index contributed by atoms with van der Waals surface area (Å²) in [6, 6.07) is 5.61. The lowest BCUT2D eigenvalue weighted by atomic mass is 10.1. The molecule has 0 bridgehead atoms. The molecule has 1 saturated heterocycles. The van der Waals surface area contributed by atoms with Gasteiger partial charge in [0.2, 0.25) is 5.91 Å². The zero-order valence-corrected chi connectivity index (χ0v) is 13.3. The molecule has 0 aliphatic carbocycles. The van der Waals surface area contributed by atoms with Gasteiger partial charge in [-0.25, -0.2) is 0 Å². The van der Waals surface area contributed by atoms with Gasteiger partial charge in [0.25, 0.3) is 0 Å². The fourth-order valence-electron chi connectivity index (χ4n) is 2.95. The first-order chi connectivity index (χ1) is 9.77. The van der Waals surface area contributed by atoms with Crippen molar-refractivity contribution in [3.63, 3.8) is 0 Å². The predicted octanol–water partition coefficient (Wildman–Crippen LogP) is 2.02. The molecule has 3 N–H and O–H groups in total. The first kappa shape index (κ1) is 15.8. The number of amides is 1. The van der Waals surface area contributed by atoms with Gasteiger partial charge in [0.1, 0.15) is 0 Å². The Balaban J connectivity index is 1.99. The summed E-state index contributed by atoms with van der Waals surface area (Å²) in [5.41, 5.74) is 7.98.